The summed E-state index contributed by atoms with van der Waals surface area (Å²) in [5, 5.41) is 9.25. The summed E-state index contributed by atoms with van der Waals surface area (Å²) in [5.41, 5.74) is 0.638. The molecule has 24 heavy (non-hydrogen) atoms. The van der Waals surface area contributed by atoms with Crippen LogP contribution < -0.4 is 11.0 Å². The van der Waals surface area contributed by atoms with Crippen molar-refractivity contribution in [3.63, 3.8) is 0 Å². The number of likely N-dealkylation sites (N-methyl/N-ethyl adjacent to an activating group) is 1. The number of aromatic amines is 2. The maximum Gasteiger partial charge on any atom is 0.340 e. The van der Waals surface area contributed by atoms with Crippen molar-refractivity contribution in [2.45, 2.75) is 18.6 Å². The molecule has 1 amide bonds. The van der Waals surface area contributed by atoms with Crippen LogP contribution in [0.1, 0.15) is 17.4 Å². The molecule has 0 bridgehead atoms. The maximum atomic E-state index is 12.5. The SMILES string of the molecule is CN1CCO[C@@H](C(=O)N[C@@H](Cc2ccccc2)c2n[nH]c(=O)[nH]2)C1. The van der Waals surface area contributed by atoms with Crippen molar-refractivity contribution < 1.29 is 9.53 Å². The molecule has 0 aliphatic carbocycles. The van der Waals surface area contributed by atoms with Crippen molar-refractivity contribution >= 4 is 5.91 Å². The van der Waals surface area contributed by atoms with E-state index in [0.717, 1.165) is 12.1 Å². The number of nitrogens with one attached hydrogen (secondary N) is 3. The van der Waals surface area contributed by atoms with E-state index < -0.39 is 17.8 Å². The van der Waals surface area contributed by atoms with Gasteiger partial charge in [-0.15, -0.1) is 0 Å². The Kier molecular flexibility index (Phi) is 5.07. The Morgan fingerprint density at radius 2 is 2.25 bits per heavy atom. The van der Waals surface area contributed by atoms with Gasteiger partial charge in [0.1, 0.15) is 6.10 Å². The lowest BCUT2D eigenvalue weighted by molar-refractivity contribution is -0.138. The molecule has 128 valence electrons. The van der Waals surface area contributed by atoms with E-state index in [9.17, 15) is 9.59 Å². The highest BCUT2D eigenvalue weighted by molar-refractivity contribution is 5.81. The number of hydrogen-bond donors (Lipinski definition) is 3. The molecule has 1 saturated heterocycles. The van der Waals surface area contributed by atoms with Crippen molar-refractivity contribution in [2.75, 3.05) is 26.7 Å². The maximum absolute atomic E-state index is 12.5. The molecular formula is C16H21N5O3. The predicted octanol–water partition coefficient (Wildman–Crippen LogP) is -0.171. The molecule has 0 radical (unpaired) electrons. The monoisotopic (exact) mass is 331 g/mol. The van der Waals surface area contributed by atoms with Crippen LogP contribution in [0.5, 0.6) is 0 Å². The Hall–Kier alpha value is -2.45. The summed E-state index contributed by atoms with van der Waals surface area (Å²) in [6.45, 7) is 1.88. The van der Waals surface area contributed by atoms with E-state index in [2.05, 4.69) is 25.4 Å². The van der Waals surface area contributed by atoms with Crippen LogP contribution in [0.4, 0.5) is 0 Å². The van der Waals surface area contributed by atoms with E-state index in [1.807, 2.05) is 37.4 Å². The van der Waals surface area contributed by atoms with Crippen molar-refractivity contribution in [1.29, 1.82) is 0 Å². The first-order valence-corrected chi connectivity index (χ1v) is 7.91. The molecule has 1 aromatic heterocycles. The third-order valence-corrected chi connectivity index (χ3v) is 4.01. The quantitative estimate of drug-likeness (QED) is 0.706. The Balaban J connectivity index is 1.74. The molecule has 0 spiro atoms. The minimum Gasteiger partial charge on any atom is -0.366 e. The second kappa shape index (κ2) is 7.41. The average Bonchev–Trinajstić information content (AvgIpc) is 3.01. The minimum absolute atomic E-state index is 0.202. The standard InChI is InChI=1S/C16H21N5O3/c1-21-7-8-24-13(10-21)15(22)17-12(14-18-16(23)20-19-14)9-11-5-3-2-4-6-11/h2-6,12-13H,7-10H2,1H3,(H,17,22)(H2,18,19,20,23)/t12-,13+/m0/s1. The van der Waals surface area contributed by atoms with Crippen LogP contribution in [-0.2, 0) is 16.0 Å². The molecule has 3 rings (SSSR count). The second-order valence-electron chi connectivity index (χ2n) is 5.94. The van der Waals surface area contributed by atoms with Crippen LogP contribution in [0.2, 0.25) is 0 Å². The number of H-pyrrole nitrogens is 2. The Morgan fingerprint density at radius 1 is 1.46 bits per heavy atom. The molecule has 8 nitrogen and oxygen atoms in total. The van der Waals surface area contributed by atoms with E-state index in [1.54, 1.807) is 0 Å². The van der Waals surface area contributed by atoms with E-state index in [4.69, 9.17) is 4.74 Å². The van der Waals surface area contributed by atoms with E-state index >= 15 is 0 Å². The molecule has 1 fully saturated rings. The fourth-order valence-electron chi connectivity index (χ4n) is 2.72. The number of ether oxygens (including phenoxy) is 1. The van der Waals surface area contributed by atoms with Gasteiger partial charge in [-0.25, -0.2) is 9.89 Å². The van der Waals surface area contributed by atoms with Gasteiger partial charge in [-0.2, -0.15) is 5.10 Å². The number of hydrogen-bond acceptors (Lipinski definition) is 5. The van der Waals surface area contributed by atoms with Gasteiger partial charge in [-0.05, 0) is 19.0 Å². The molecule has 3 N–H and O–H groups in total. The summed E-state index contributed by atoms with van der Waals surface area (Å²) < 4.78 is 5.55. The number of carbonyl (C=O) groups is 1. The molecule has 0 unspecified atom stereocenters. The molecule has 2 heterocycles. The summed E-state index contributed by atoms with van der Waals surface area (Å²) in [7, 11) is 1.95. The fourth-order valence-corrected chi connectivity index (χ4v) is 2.72. The van der Waals surface area contributed by atoms with Gasteiger partial charge in [0.15, 0.2) is 5.82 Å². The molecule has 2 aromatic rings. The number of rotatable bonds is 5. The second-order valence-corrected chi connectivity index (χ2v) is 5.94. The van der Waals surface area contributed by atoms with Gasteiger partial charge >= 0.3 is 5.69 Å². The van der Waals surface area contributed by atoms with E-state index in [-0.39, 0.29) is 5.91 Å². The summed E-state index contributed by atoms with van der Waals surface area (Å²) in [6, 6.07) is 9.29. The predicted molar refractivity (Wildman–Crippen MR) is 87.5 cm³/mol. The van der Waals surface area contributed by atoms with Crippen LogP contribution in [-0.4, -0.2) is 58.8 Å². The average molecular weight is 331 g/mol. The summed E-state index contributed by atoms with van der Waals surface area (Å²) in [6.07, 6.45) is 0.00308. The Labute approximate surface area is 139 Å². The van der Waals surface area contributed by atoms with Crippen LogP contribution in [0, 0.1) is 0 Å². The fraction of sp³-hybridized carbons (Fsp3) is 0.438. The first-order valence-electron chi connectivity index (χ1n) is 7.91. The van der Waals surface area contributed by atoms with Crippen LogP contribution >= 0.6 is 0 Å². The van der Waals surface area contributed by atoms with Gasteiger partial charge in [0.05, 0.1) is 12.6 Å². The van der Waals surface area contributed by atoms with E-state index in [0.29, 0.717) is 25.4 Å². The first kappa shape index (κ1) is 16.4. The van der Waals surface area contributed by atoms with Gasteiger partial charge < -0.3 is 15.0 Å². The van der Waals surface area contributed by atoms with Gasteiger partial charge in [0.2, 0.25) is 0 Å². The summed E-state index contributed by atoms with van der Waals surface area (Å²) >= 11 is 0. The zero-order valence-electron chi connectivity index (χ0n) is 13.5. The lowest BCUT2D eigenvalue weighted by Gasteiger charge is -2.30. The van der Waals surface area contributed by atoms with Gasteiger partial charge in [0, 0.05) is 13.1 Å². The van der Waals surface area contributed by atoms with Crippen LogP contribution in [0.25, 0.3) is 0 Å². The molecule has 1 aliphatic rings. The number of aromatic nitrogens is 3. The third kappa shape index (κ3) is 4.09. The molecule has 0 saturated carbocycles. The molecule has 2 atom stereocenters. The van der Waals surface area contributed by atoms with Crippen molar-refractivity contribution in [2.24, 2.45) is 0 Å². The lowest BCUT2D eigenvalue weighted by atomic mass is 10.0. The van der Waals surface area contributed by atoms with Crippen molar-refractivity contribution in [3.05, 3.63) is 52.2 Å². The molecule has 1 aliphatic heterocycles. The normalized spacial score (nSPS) is 19.8. The molecular weight excluding hydrogens is 310 g/mol. The zero-order chi connectivity index (χ0) is 16.9. The highest BCUT2D eigenvalue weighted by atomic mass is 16.5. The smallest absolute Gasteiger partial charge is 0.340 e. The first-order chi connectivity index (χ1) is 11.6. The minimum atomic E-state index is -0.521. The number of benzene rings is 1. The van der Waals surface area contributed by atoms with Gasteiger partial charge in [-0.1, -0.05) is 30.3 Å². The van der Waals surface area contributed by atoms with Crippen molar-refractivity contribution in [1.82, 2.24) is 25.4 Å². The number of morpholine rings is 1. The largest absolute Gasteiger partial charge is 0.366 e. The van der Waals surface area contributed by atoms with Gasteiger partial charge in [-0.3, -0.25) is 9.78 Å². The summed E-state index contributed by atoms with van der Waals surface area (Å²) in [5.74, 6) is 0.202. The third-order valence-electron chi connectivity index (χ3n) is 4.01. The van der Waals surface area contributed by atoms with Gasteiger partial charge in [0.25, 0.3) is 5.91 Å². The Morgan fingerprint density at radius 3 is 2.92 bits per heavy atom. The number of nitrogens with zero attached hydrogens (tertiary/aromatic N) is 2. The Bertz CT molecular complexity index is 727. The van der Waals surface area contributed by atoms with Crippen LogP contribution in [0.3, 0.4) is 0 Å². The van der Waals surface area contributed by atoms with Crippen molar-refractivity contribution in [3.8, 4) is 0 Å². The van der Waals surface area contributed by atoms with Crippen LogP contribution in [0.15, 0.2) is 35.1 Å². The number of carbonyl (C=O) groups excluding carboxylic acids is 1. The highest BCUT2D eigenvalue weighted by Crippen LogP contribution is 2.15. The molecule has 1 aromatic carbocycles. The van der Waals surface area contributed by atoms with E-state index in [1.165, 1.54) is 0 Å². The summed E-state index contributed by atoms with van der Waals surface area (Å²) in [4.78, 5) is 28.6. The zero-order valence-corrected chi connectivity index (χ0v) is 13.5. The molecule has 8 heteroatoms. The number of amides is 1. The lowest BCUT2D eigenvalue weighted by Crippen LogP contribution is -2.49. The highest BCUT2D eigenvalue weighted by Gasteiger charge is 2.28. The topological polar surface area (TPSA) is 103 Å².